The van der Waals surface area contributed by atoms with Crippen LogP contribution in [0, 0.1) is 19.3 Å². The molecule has 1 aromatic rings. The summed E-state index contributed by atoms with van der Waals surface area (Å²) in [6.45, 7) is 6.27. The van der Waals surface area contributed by atoms with Crippen molar-refractivity contribution in [1.82, 2.24) is 4.72 Å². The highest BCUT2D eigenvalue weighted by Crippen LogP contribution is 2.49. The molecule has 0 unspecified atom stereocenters. The van der Waals surface area contributed by atoms with E-state index in [-0.39, 0.29) is 10.3 Å². The number of hydrogen-bond donors (Lipinski definition) is 2. The van der Waals surface area contributed by atoms with E-state index in [0.29, 0.717) is 17.8 Å². The van der Waals surface area contributed by atoms with Crippen molar-refractivity contribution in [2.45, 2.75) is 51.3 Å². The zero-order valence-corrected chi connectivity index (χ0v) is 13.3. The minimum absolute atomic E-state index is 0.189. The molecule has 0 aliphatic heterocycles. The Labute approximate surface area is 121 Å². The summed E-state index contributed by atoms with van der Waals surface area (Å²) in [6, 6.07) is 3.66. The van der Waals surface area contributed by atoms with Crippen molar-refractivity contribution >= 4 is 15.7 Å². The normalized spacial score (nSPS) is 17.1. The van der Waals surface area contributed by atoms with Gasteiger partial charge in [-0.05, 0) is 49.7 Å². The SMILES string of the molecule is CCCC1(CNS(=O)(=O)c2c(C)ccc(C)c2N)CC1. The Hall–Kier alpha value is -1.07. The third kappa shape index (κ3) is 2.99. The molecule has 0 amide bonds. The Morgan fingerprint density at radius 1 is 1.25 bits per heavy atom. The highest BCUT2D eigenvalue weighted by atomic mass is 32.2. The largest absolute Gasteiger partial charge is 0.397 e. The minimum atomic E-state index is -3.53. The Balaban J connectivity index is 2.21. The van der Waals surface area contributed by atoms with Gasteiger partial charge in [-0.15, -0.1) is 0 Å². The molecule has 5 heteroatoms. The van der Waals surface area contributed by atoms with Crippen molar-refractivity contribution in [1.29, 1.82) is 0 Å². The van der Waals surface area contributed by atoms with Gasteiger partial charge in [-0.2, -0.15) is 0 Å². The highest BCUT2D eigenvalue weighted by Gasteiger charge is 2.42. The molecule has 4 nitrogen and oxygen atoms in total. The van der Waals surface area contributed by atoms with Crippen molar-refractivity contribution in [2.24, 2.45) is 5.41 Å². The topological polar surface area (TPSA) is 72.2 Å². The summed E-state index contributed by atoms with van der Waals surface area (Å²) in [5.74, 6) is 0. The van der Waals surface area contributed by atoms with Crippen LogP contribution in [0.15, 0.2) is 17.0 Å². The van der Waals surface area contributed by atoms with Gasteiger partial charge in [-0.1, -0.05) is 25.5 Å². The molecule has 1 aliphatic rings. The zero-order chi connectivity index (χ0) is 15.0. The Kier molecular flexibility index (Phi) is 4.12. The molecule has 0 radical (unpaired) electrons. The van der Waals surface area contributed by atoms with Gasteiger partial charge in [-0.25, -0.2) is 13.1 Å². The summed E-state index contributed by atoms with van der Waals surface area (Å²) in [5.41, 5.74) is 8.00. The molecule has 1 fully saturated rings. The molecule has 0 spiro atoms. The van der Waals surface area contributed by atoms with E-state index in [9.17, 15) is 8.42 Å². The lowest BCUT2D eigenvalue weighted by molar-refractivity contribution is 0.449. The lowest BCUT2D eigenvalue weighted by Crippen LogP contribution is -2.31. The molecule has 3 N–H and O–H groups in total. The number of nitrogens with two attached hydrogens (primary N) is 1. The van der Waals surface area contributed by atoms with E-state index >= 15 is 0 Å². The Bertz CT molecular complexity index is 605. The monoisotopic (exact) mass is 296 g/mol. The molecule has 0 saturated heterocycles. The molecule has 20 heavy (non-hydrogen) atoms. The van der Waals surface area contributed by atoms with E-state index in [2.05, 4.69) is 11.6 Å². The lowest BCUT2D eigenvalue weighted by atomic mass is 10.0. The van der Waals surface area contributed by atoms with Crippen LogP contribution in [0.2, 0.25) is 0 Å². The summed E-state index contributed by atoms with van der Waals surface area (Å²) < 4.78 is 27.8. The molecule has 1 aliphatic carbocycles. The Morgan fingerprint density at radius 3 is 2.40 bits per heavy atom. The van der Waals surface area contributed by atoms with Gasteiger partial charge in [0.25, 0.3) is 0 Å². The van der Waals surface area contributed by atoms with Gasteiger partial charge in [0.1, 0.15) is 4.90 Å². The molecular formula is C15H24N2O2S. The van der Waals surface area contributed by atoms with E-state index < -0.39 is 10.0 Å². The quantitative estimate of drug-likeness (QED) is 0.793. The van der Waals surface area contributed by atoms with E-state index in [4.69, 9.17) is 5.73 Å². The summed E-state index contributed by atoms with van der Waals surface area (Å²) in [4.78, 5) is 0.241. The Morgan fingerprint density at radius 2 is 1.85 bits per heavy atom. The maximum Gasteiger partial charge on any atom is 0.242 e. The van der Waals surface area contributed by atoms with E-state index in [1.54, 1.807) is 13.0 Å². The molecule has 2 rings (SSSR count). The van der Waals surface area contributed by atoms with Crippen molar-refractivity contribution < 1.29 is 8.42 Å². The van der Waals surface area contributed by atoms with Crippen LogP contribution in [-0.2, 0) is 10.0 Å². The molecule has 0 atom stereocenters. The predicted molar refractivity (Wildman–Crippen MR) is 82.1 cm³/mol. The minimum Gasteiger partial charge on any atom is -0.397 e. The fourth-order valence-electron chi connectivity index (χ4n) is 2.71. The molecule has 112 valence electrons. The first kappa shape index (κ1) is 15.3. The number of nitrogen functional groups attached to an aromatic ring is 1. The van der Waals surface area contributed by atoms with Gasteiger partial charge in [0.2, 0.25) is 10.0 Å². The van der Waals surface area contributed by atoms with Crippen molar-refractivity contribution in [3.8, 4) is 0 Å². The summed E-state index contributed by atoms with van der Waals surface area (Å²) >= 11 is 0. The lowest BCUT2D eigenvalue weighted by Gasteiger charge is -2.17. The van der Waals surface area contributed by atoms with Crippen LogP contribution in [0.25, 0.3) is 0 Å². The molecule has 0 bridgehead atoms. The number of sulfonamides is 1. The van der Waals surface area contributed by atoms with E-state index in [1.807, 2.05) is 13.0 Å². The van der Waals surface area contributed by atoms with Crippen LogP contribution < -0.4 is 10.5 Å². The predicted octanol–water partition coefficient (Wildman–Crippen LogP) is 2.74. The van der Waals surface area contributed by atoms with Crippen LogP contribution in [0.3, 0.4) is 0 Å². The first-order valence-electron chi connectivity index (χ1n) is 7.17. The second-order valence-corrected chi connectivity index (χ2v) is 7.72. The van der Waals surface area contributed by atoms with E-state index in [1.165, 1.54) is 0 Å². The summed E-state index contributed by atoms with van der Waals surface area (Å²) in [5, 5.41) is 0. The molecule has 1 saturated carbocycles. The van der Waals surface area contributed by atoms with E-state index in [0.717, 1.165) is 31.2 Å². The zero-order valence-electron chi connectivity index (χ0n) is 12.5. The maximum atomic E-state index is 12.5. The van der Waals surface area contributed by atoms with Crippen LogP contribution in [0.5, 0.6) is 0 Å². The fraction of sp³-hybridized carbons (Fsp3) is 0.600. The van der Waals surface area contributed by atoms with Gasteiger partial charge in [0, 0.05) is 6.54 Å². The first-order valence-corrected chi connectivity index (χ1v) is 8.65. The van der Waals surface area contributed by atoms with Gasteiger partial charge in [0.15, 0.2) is 0 Å². The second kappa shape index (κ2) is 5.37. The second-order valence-electron chi connectivity index (χ2n) is 6.02. The van der Waals surface area contributed by atoms with Gasteiger partial charge >= 0.3 is 0 Å². The number of hydrogen-bond acceptors (Lipinski definition) is 3. The average Bonchev–Trinajstić information content (AvgIpc) is 3.13. The summed E-state index contributed by atoms with van der Waals surface area (Å²) in [6.07, 6.45) is 4.41. The first-order chi connectivity index (χ1) is 9.31. The van der Waals surface area contributed by atoms with Gasteiger partial charge in [0.05, 0.1) is 5.69 Å². The highest BCUT2D eigenvalue weighted by molar-refractivity contribution is 7.89. The standard InChI is InChI=1S/C15H24N2O2S/c1-4-7-15(8-9-15)10-17-20(18,19)14-12(3)6-5-11(2)13(14)16/h5-6,17H,4,7-10,16H2,1-3H3. The molecule has 0 heterocycles. The van der Waals surface area contributed by atoms with Crippen LogP contribution in [0.1, 0.15) is 43.7 Å². The average molecular weight is 296 g/mol. The number of rotatable bonds is 6. The number of nitrogens with one attached hydrogen (secondary N) is 1. The van der Waals surface area contributed by atoms with Gasteiger partial charge in [-0.3, -0.25) is 0 Å². The fourth-order valence-corrected chi connectivity index (χ4v) is 4.29. The van der Waals surface area contributed by atoms with Crippen molar-refractivity contribution in [2.75, 3.05) is 12.3 Å². The molecule has 0 aromatic heterocycles. The summed E-state index contributed by atoms with van der Waals surface area (Å²) in [7, 11) is -3.53. The van der Waals surface area contributed by atoms with Crippen molar-refractivity contribution in [3.05, 3.63) is 23.3 Å². The maximum absolute atomic E-state index is 12.5. The number of anilines is 1. The number of benzene rings is 1. The third-order valence-corrected chi connectivity index (χ3v) is 5.86. The van der Waals surface area contributed by atoms with Gasteiger partial charge < -0.3 is 5.73 Å². The van der Waals surface area contributed by atoms with Crippen LogP contribution in [-0.4, -0.2) is 15.0 Å². The smallest absolute Gasteiger partial charge is 0.242 e. The third-order valence-electron chi connectivity index (χ3n) is 4.25. The van der Waals surface area contributed by atoms with Crippen LogP contribution >= 0.6 is 0 Å². The van der Waals surface area contributed by atoms with Crippen molar-refractivity contribution in [3.63, 3.8) is 0 Å². The van der Waals surface area contributed by atoms with Crippen LogP contribution in [0.4, 0.5) is 5.69 Å². The molecular weight excluding hydrogens is 272 g/mol. The molecule has 1 aromatic carbocycles. The number of aryl methyl sites for hydroxylation is 2.